The Morgan fingerprint density at radius 2 is 1.74 bits per heavy atom. The standard InChI is InChI=1S/C19H14O4/c20-16(18-12-15-8-4-5-9-17(15)23-18)13-22-19(21)11-10-14-6-2-1-3-7-14/h1-12H,13H2. The summed E-state index contributed by atoms with van der Waals surface area (Å²) in [5, 5.41) is 0.839. The van der Waals surface area contributed by atoms with Gasteiger partial charge in [0, 0.05) is 11.5 Å². The molecule has 0 atom stereocenters. The fourth-order valence-corrected chi connectivity index (χ4v) is 2.10. The van der Waals surface area contributed by atoms with Gasteiger partial charge in [0.05, 0.1) is 0 Å². The van der Waals surface area contributed by atoms with Crippen LogP contribution in [0.25, 0.3) is 17.0 Å². The average Bonchev–Trinajstić information content (AvgIpc) is 3.03. The van der Waals surface area contributed by atoms with Gasteiger partial charge in [0.15, 0.2) is 12.4 Å². The third kappa shape index (κ3) is 3.74. The number of hydrogen-bond donors (Lipinski definition) is 0. The highest BCUT2D eigenvalue weighted by Gasteiger charge is 2.13. The highest BCUT2D eigenvalue weighted by atomic mass is 16.5. The van der Waals surface area contributed by atoms with E-state index < -0.39 is 5.97 Å². The number of esters is 1. The largest absolute Gasteiger partial charge is 0.454 e. The molecule has 2 aromatic carbocycles. The van der Waals surface area contributed by atoms with Crippen molar-refractivity contribution in [3.8, 4) is 0 Å². The molecule has 0 aliphatic heterocycles. The van der Waals surface area contributed by atoms with Crippen LogP contribution in [0.1, 0.15) is 16.1 Å². The van der Waals surface area contributed by atoms with Crippen molar-refractivity contribution in [3.63, 3.8) is 0 Å². The minimum atomic E-state index is -0.571. The summed E-state index contributed by atoms with van der Waals surface area (Å²) in [5.74, 6) is -0.757. The summed E-state index contributed by atoms with van der Waals surface area (Å²) in [6.07, 6.45) is 2.93. The summed E-state index contributed by atoms with van der Waals surface area (Å²) < 4.78 is 10.4. The lowest BCUT2D eigenvalue weighted by Crippen LogP contribution is -2.11. The second-order valence-corrected chi connectivity index (χ2v) is 4.92. The maximum absolute atomic E-state index is 12.0. The smallest absolute Gasteiger partial charge is 0.331 e. The molecule has 0 unspecified atom stereocenters. The van der Waals surface area contributed by atoms with Gasteiger partial charge in [-0.25, -0.2) is 4.79 Å². The van der Waals surface area contributed by atoms with Crippen molar-refractivity contribution in [2.24, 2.45) is 0 Å². The lowest BCUT2D eigenvalue weighted by Gasteiger charge is -1.99. The molecule has 0 saturated carbocycles. The predicted molar refractivity (Wildman–Crippen MR) is 87.0 cm³/mol. The summed E-state index contributed by atoms with van der Waals surface area (Å²) in [6, 6.07) is 18.3. The quantitative estimate of drug-likeness (QED) is 0.408. The zero-order valence-corrected chi connectivity index (χ0v) is 12.3. The molecule has 0 N–H and O–H groups in total. The van der Waals surface area contributed by atoms with Crippen LogP contribution in [0.5, 0.6) is 0 Å². The first kappa shape index (κ1) is 14.8. The molecule has 0 spiro atoms. The molecule has 23 heavy (non-hydrogen) atoms. The Morgan fingerprint density at radius 1 is 1.00 bits per heavy atom. The Hall–Kier alpha value is -3.14. The van der Waals surface area contributed by atoms with Crippen LogP contribution in [-0.2, 0) is 9.53 Å². The van der Waals surface area contributed by atoms with Gasteiger partial charge < -0.3 is 9.15 Å². The number of furan rings is 1. The molecule has 114 valence electrons. The van der Waals surface area contributed by atoms with Gasteiger partial charge in [0.1, 0.15) is 5.58 Å². The summed E-state index contributed by atoms with van der Waals surface area (Å²) in [6.45, 7) is -0.349. The average molecular weight is 306 g/mol. The topological polar surface area (TPSA) is 56.5 Å². The van der Waals surface area contributed by atoms with Gasteiger partial charge in [-0.05, 0) is 23.8 Å². The fourth-order valence-electron chi connectivity index (χ4n) is 2.10. The first-order valence-corrected chi connectivity index (χ1v) is 7.14. The van der Waals surface area contributed by atoms with Gasteiger partial charge in [-0.1, -0.05) is 48.5 Å². The van der Waals surface area contributed by atoms with E-state index in [-0.39, 0.29) is 18.2 Å². The van der Waals surface area contributed by atoms with Crippen LogP contribution in [0.15, 0.2) is 71.2 Å². The monoisotopic (exact) mass is 306 g/mol. The second-order valence-electron chi connectivity index (χ2n) is 4.92. The molecule has 0 aliphatic rings. The number of Topliss-reactive ketones (excluding diaryl/α,β-unsaturated/α-hetero) is 1. The molecule has 3 rings (SSSR count). The molecule has 1 aromatic heterocycles. The fraction of sp³-hybridized carbons (Fsp3) is 0.0526. The van der Waals surface area contributed by atoms with Gasteiger partial charge in [-0.2, -0.15) is 0 Å². The van der Waals surface area contributed by atoms with Crippen LogP contribution in [0.3, 0.4) is 0 Å². The third-order valence-electron chi connectivity index (χ3n) is 3.26. The normalized spacial score (nSPS) is 11.0. The van der Waals surface area contributed by atoms with Crippen LogP contribution < -0.4 is 0 Å². The number of rotatable bonds is 5. The summed E-state index contributed by atoms with van der Waals surface area (Å²) in [7, 11) is 0. The van der Waals surface area contributed by atoms with Crippen molar-refractivity contribution >= 4 is 28.8 Å². The first-order valence-electron chi connectivity index (χ1n) is 7.14. The number of fused-ring (bicyclic) bond motifs is 1. The summed E-state index contributed by atoms with van der Waals surface area (Å²) >= 11 is 0. The van der Waals surface area contributed by atoms with Gasteiger partial charge in [0.25, 0.3) is 0 Å². The van der Waals surface area contributed by atoms with E-state index in [1.165, 1.54) is 6.08 Å². The minimum absolute atomic E-state index is 0.186. The van der Waals surface area contributed by atoms with Gasteiger partial charge in [-0.3, -0.25) is 4.79 Å². The highest BCUT2D eigenvalue weighted by molar-refractivity contribution is 5.99. The molecular formula is C19H14O4. The number of ketones is 1. The molecule has 0 bridgehead atoms. The Labute approximate surface area is 133 Å². The van der Waals surface area contributed by atoms with E-state index >= 15 is 0 Å². The number of carbonyl (C=O) groups excluding carboxylic acids is 2. The van der Waals surface area contributed by atoms with Crippen LogP contribution in [0.2, 0.25) is 0 Å². The molecule has 4 heteroatoms. The van der Waals surface area contributed by atoms with Crippen molar-refractivity contribution in [3.05, 3.63) is 78.1 Å². The van der Waals surface area contributed by atoms with Crippen LogP contribution in [0, 0.1) is 0 Å². The van der Waals surface area contributed by atoms with E-state index in [2.05, 4.69) is 0 Å². The first-order chi connectivity index (χ1) is 11.2. The molecule has 0 aliphatic carbocycles. The van der Waals surface area contributed by atoms with Gasteiger partial charge in [-0.15, -0.1) is 0 Å². The third-order valence-corrected chi connectivity index (χ3v) is 3.26. The van der Waals surface area contributed by atoms with E-state index in [0.29, 0.717) is 5.58 Å². The Kier molecular flexibility index (Phi) is 4.34. The van der Waals surface area contributed by atoms with E-state index in [0.717, 1.165) is 10.9 Å². The zero-order valence-electron chi connectivity index (χ0n) is 12.3. The molecule has 0 amide bonds. The lowest BCUT2D eigenvalue weighted by molar-refractivity contribution is -0.136. The number of benzene rings is 2. The predicted octanol–water partition coefficient (Wildman–Crippen LogP) is 3.87. The van der Waals surface area contributed by atoms with E-state index in [4.69, 9.17) is 9.15 Å². The molecule has 1 heterocycles. The molecule has 4 nitrogen and oxygen atoms in total. The zero-order chi connectivity index (χ0) is 16.1. The number of ether oxygens (including phenoxy) is 1. The van der Waals surface area contributed by atoms with E-state index in [1.807, 2.05) is 48.5 Å². The Bertz CT molecular complexity index is 826. The Morgan fingerprint density at radius 3 is 2.52 bits per heavy atom. The van der Waals surface area contributed by atoms with Crippen molar-refractivity contribution in [1.82, 2.24) is 0 Å². The van der Waals surface area contributed by atoms with Gasteiger partial charge in [0.2, 0.25) is 5.78 Å². The summed E-state index contributed by atoms with van der Waals surface area (Å²) in [4.78, 5) is 23.6. The van der Waals surface area contributed by atoms with Crippen LogP contribution in [-0.4, -0.2) is 18.4 Å². The molecular weight excluding hydrogens is 292 g/mol. The molecule has 0 fully saturated rings. The molecule has 0 saturated heterocycles. The Balaban J connectivity index is 1.58. The SMILES string of the molecule is O=C(C=Cc1ccccc1)OCC(=O)c1cc2ccccc2o1. The number of hydrogen-bond acceptors (Lipinski definition) is 4. The van der Waals surface area contributed by atoms with Crippen LogP contribution >= 0.6 is 0 Å². The highest BCUT2D eigenvalue weighted by Crippen LogP contribution is 2.19. The maximum Gasteiger partial charge on any atom is 0.331 e. The summed E-state index contributed by atoms with van der Waals surface area (Å²) in [5.41, 5.74) is 1.51. The second kappa shape index (κ2) is 6.75. The maximum atomic E-state index is 12.0. The van der Waals surface area contributed by atoms with Crippen molar-refractivity contribution in [1.29, 1.82) is 0 Å². The van der Waals surface area contributed by atoms with Crippen molar-refractivity contribution in [2.75, 3.05) is 6.61 Å². The minimum Gasteiger partial charge on any atom is -0.454 e. The van der Waals surface area contributed by atoms with Crippen LogP contribution in [0.4, 0.5) is 0 Å². The number of para-hydroxylation sites is 1. The van der Waals surface area contributed by atoms with Gasteiger partial charge >= 0.3 is 5.97 Å². The van der Waals surface area contributed by atoms with Crippen molar-refractivity contribution in [2.45, 2.75) is 0 Å². The van der Waals surface area contributed by atoms with E-state index in [9.17, 15) is 9.59 Å². The molecule has 0 radical (unpaired) electrons. The van der Waals surface area contributed by atoms with E-state index in [1.54, 1.807) is 18.2 Å². The lowest BCUT2D eigenvalue weighted by atomic mass is 10.2. The number of carbonyl (C=O) groups is 2. The van der Waals surface area contributed by atoms with Crippen molar-refractivity contribution < 1.29 is 18.7 Å². The molecule has 3 aromatic rings.